The lowest BCUT2D eigenvalue weighted by Crippen LogP contribution is -2.57. The molecule has 7 rings (SSSR count). The summed E-state index contributed by atoms with van der Waals surface area (Å²) in [4.78, 5) is 17.4. The highest BCUT2D eigenvalue weighted by molar-refractivity contribution is 5.73. The van der Waals surface area contributed by atoms with E-state index in [1.807, 2.05) is 0 Å². The minimum atomic E-state index is -0.325. The molecule has 1 N–H and O–H groups in total. The molecule has 6 nitrogen and oxygen atoms in total. The van der Waals surface area contributed by atoms with Gasteiger partial charge in [0.2, 0.25) is 0 Å². The number of quaternary nitrogens is 1. The fourth-order valence-electron chi connectivity index (χ4n) is 9.35. The van der Waals surface area contributed by atoms with Gasteiger partial charge in [0.25, 0.3) is 0 Å². The largest absolute Gasteiger partial charge is 0.412 e. The zero-order chi connectivity index (χ0) is 23.6. The number of benzene rings is 1. The topological polar surface area (TPSA) is 44.8 Å². The monoisotopic (exact) mass is 479 g/mol. The van der Waals surface area contributed by atoms with E-state index < -0.39 is 0 Å². The Kier molecular flexibility index (Phi) is 5.45. The van der Waals surface area contributed by atoms with E-state index in [2.05, 4.69) is 40.2 Å². The Hall–Kier alpha value is -1.63. The number of piperidine rings is 2. The molecule has 6 aliphatic rings. The van der Waals surface area contributed by atoms with Crippen molar-refractivity contribution in [2.45, 2.75) is 94.9 Å². The van der Waals surface area contributed by atoms with E-state index in [1.54, 1.807) is 0 Å². The van der Waals surface area contributed by atoms with E-state index in [0.29, 0.717) is 30.1 Å². The fraction of sp³-hybridized carbons (Fsp3) is 0.759. The molecule has 6 heteroatoms. The lowest BCUT2D eigenvalue weighted by molar-refractivity contribution is -0.862. The predicted octanol–water partition coefficient (Wildman–Crippen LogP) is 4.44. The molecule has 190 valence electrons. The summed E-state index contributed by atoms with van der Waals surface area (Å²) in [7, 11) is 0. The van der Waals surface area contributed by atoms with Crippen LogP contribution in [0, 0.1) is 5.92 Å². The Morgan fingerprint density at radius 2 is 2.00 bits per heavy atom. The molecule has 4 saturated heterocycles. The summed E-state index contributed by atoms with van der Waals surface area (Å²) in [6, 6.07) is 8.84. The van der Waals surface area contributed by atoms with Crippen LogP contribution in [0.3, 0.4) is 0 Å². The lowest BCUT2D eigenvalue weighted by Gasteiger charge is -2.47. The molecule has 1 amide bonds. The number of amides is 1. The number of fused-ring (bicyclic) bond motifs is 1. The molecule has 5 heterocycles. The van der Waals surface area contributed by atoms with Crippen molar-refractivity contribution in [2.75, 3.05) is 39.3 Å². The molecule has 35 heavy (non-hydrogen) atoms. The summed E-state index contributed by atoms with van der Waals surface area (Å²) in [5, 5.41) is 2.87. The number of hydrogen-bond acceptors (Lipinski definition) is 4. The van der Waals surface area contributed by atoms with Crippen LogP contribution in [-0.4, -0.2) is 77.3 Å². The van der Waals surface area contributed by atoms with Crippen LogP contribution < -0.4 is 10.1 Å². The molecular weight excluding hydrogens is 436 g/mol. The first-order chi connectivity index (χ1) is 17.1. The molecule has 1 aromatic rings. The lowest BCUT2D eigenvalue weighted by atomic mass is 9.80. The van der Waals surface area contributed by atoms with E-state index in [1.165, 1.54) is 107 Å². The van der Waals surface area contributed by atoms with E-state index in [9.17, 15) is 4.79 Å². The van der Waals surface area contributed by atoms with Crippen LogP contribution in [0.1, 0.15) is 81.9 Å². The summed E-state index contributed by atoms with van der Waals surface area (Å²) in [6.07, 6.45) is 12.4. The molecule has 5 atom stereocenters. The normalized spacial score (nSPS) is 39.8. The van der Waals surface area contributed by atoms with Crippen LogP contribution in [0.25, 0.3) is 0 Å². The summed E-state index contributed by atoms with van der Waals surface area (Å²) < 4.78 is 6.80. The Morgan fingerprint density at radius 3 is 2.86 bits per heavy atom. The van der Waals surface area contributed by atoms with Gasteiger partial charge in [0, 0.05) is 81.1 Å². The Labute approximate surface area is 210 Å². The first-order valence-corrected chi connectivity index (χ1v) is 14.5. The first kappa shape index (κ1) is 22.6. The van der Waals surface area contributed by atoms with Crippen LogP contribution in [-0.2, 0) is 6.54 Å². The minimum absolute atomic E-state index is 0.325. The maximum absolute atomic E-state index is 11.7. The second-order valence-corrected chi connectivity index (χ2v) is 12.7. The first-order valence-electron chi connectivity index (χ1n) is 14.5. The number of hydrogen-bond donors (Lipinski definition) is 1. The standard InChI is InChI=1S/C29H42N4O2/c1-21-18-31(13-14-32(21)25-6-3-2-4-7-25)19-23-10-12-29-11-5-15-33(29,20-29)27(23)22-8-9-26-24(16-22)17-30-28(34)35-26/h8-9,16,21,23,25,27H,2-7,10-15,17-20H2,1H3/p+1/t21-,23?,27?,29?,33?/m1/s1. The van der Waals surface area contributed by atoms with E-state index in [-0.39, 0.29) is 6.09 Å². The second kappa shape index (κ2) is 8.46. The van der Waals surface area contributed by atoms with Crippen molar-refractivity contribution in [1.82, 2.24) is 15.1 Å². The van der Waals surface area contributed by atoms with Gasteiger partial charge in [-0.05, 0) is 44.4 Å². The summed E-state index contributed by atoms with van der Waals surface area (Å²) in [5.74, 6) is 1.46. The van der Waals surface area contributed by atoms with Crippen molar-refractivity contribution >= 4 is 6.09 Å². The SMILES string of the molecule is C[C@@H]1CN(CC2CCC34CCC[N+]3(C4)C2c2ccc3c(c2)CNC(=O)O3)CCN1C1CCCCC1. The smallest absolute Gasteiger partial charge is 0.410 e. The van der Waals surface area contributed by atoms with Crippen molar-refractivity contribution in [1.29, 1.82) is 0 Å². The molecule has 0 aromatic heterocycles. The maximum Gasteiger partial charge on any atom is 0.412 e. The molecule has 5 aliphatic heterocycles. The van der Waals surface area contributed by atoms with E-state index >= 15 is 0 Å². The van der Waals surface area contributed by atoms with Gasteiger partial charge in [0.15, 0.2) is 0 Å². The number of rotatable bonds is 4. The molecule has 0 radical (unpaired) electrons. The van der Waals surface area contributed by atoms with Crippen LogP contribution >= 0.6 is 0 Å². The molecule has 1 saturated carbocycles. The Balaban J connectivity index is 1.11. The highest BCUT2D eigenvalue weighted by Gasteiger charge is 2.77. The van der Waals surface area contributed by atoms with Crippen molar-refractivity contribution in [3.8, 4) is 5.75 Å². The molecule has 0 bridgehead atoms. The molecule has 4 unspecified atom stereocenters. The predicted molar refractivity (Wildman–Crippen MR) is 136 cm³/mol. The average Bonchev–Trinajstić information content (AvgIpc) is 3.38. The quantitative estimate of drug-likeness (QED) is 0.512. The third-order valence-electron chi connectivity index (χ3n) is 10.9. The van der Waals surface area contributed by atoms with Gasteiger partial charge in [0.1, 0.15) is 23.9 Å². The van der Waals surface area contributed by atoms with Gasteiger partial charge in [-0.2, -0.15) is 0 Å². The number of piperazine rings is 1. The van der Waals surface area contributed by atoms with Crippen LogP contribution in [0.4, 0.5) is 4.79 Å². The molecule has 1 aromatic carbocycles. The van der Waals surface area contributed by atoms with Crippen molar-refractivity contribution in [3.63, 3.8) is 0 Å². The Morgan fingerprint density at radius 1 is 1.11 bits per heavy atom. The number of carbonyl (C=O) groups excluding carboxylic acids is 1. The van der Waals surface area contributed by atoms with Gasteiger partial charge in [-0.3, -0.25) is 9.80 Å². The second-order valence-electron chi connectivity index (χ2n) is 12.7. The van der Waals surface area contributed by atoms with Gasteiger partial charge in [-0.25, -0.2) is 4.79 Å². The number of carbonyl (C=O) groups is 1. The van der Waals surface area contributed by atoms with Crippen LogP contribution in [0.2, 0.25) is 0 Å². The zero-order valence-electron chi connectivity index (χ0n) is 21.5. The van der Waals surface area contributed by atoms with Gasteiger partial charge in [0.05, 0.1) is 6.54 Å². The average molecular weight is 480 g/mol. The Bertz CT molecular complexity index is 993. The summed E-state index contributed by atoms with van der Waals surface area (Å²) >= 11 is 0. The number of ether oxygens (including phenoxy) is 1. The number of nitrogens with zero attached hydrogens (tertiary/aromatic N) is 3. The molecular formula is C29H43N4O2+. The highest BCUT2D eigenvalue weighted by Crippen LogP contribution is 2.66. The van der Waals surface area contributed by atoms with E-state index in [4.69, 9.17) is 4.74 Å². The van der Waals surface area contributed by atoms with E-state index in [0.717, 1.165) is 17.4 Å². The molecule has 0 spiro atoms. The van der Waals surface area contributed by atoms with Gasteiger partial charge >= 0.3 is 6.09 Å². The van der Waals surface area contributed by atoms with Crippen molar-refractivity contribution in [2.24, 2.45) is 5.92 Å². The van der Waals surface area contributed by atoms with Gasteiger partial charge < -0.3 is 14.5 Å². The maximum atomic E-state index is 11.7. The third-order valence-corrected chi connectivity index (χ3v) is 10.9. The van der Waals surface area contributed by atoms with Crippen molar-refractivity contribution < 1.29 is 14.0 Å². The minimum Gasteiger partial charge on any atom is -0.410 e. The van der Waals surface area contributed by atoms with Gasteiger partial charge in [-0.1, -0.05) is 19.3 Å². The third kappa shape index (κ3) is 3.66. The summed E-state index contributed by atoms with van der Waals surface area (Å²) in [6.45, 7) is 10.8. The summed E-state index contributed by atoms with van der Waals surface area (Å²) in [5.41, 5.74) is 3.21. The van der Waals surface area contributed by atoms with Gasteiger partial charge in [-0.15, -0.1) is 0 Å². The molecule has 1 aliphatic carbocycles. The van der Waals surface area contributed by atoms with Crippen molar-refractivity contribution in [3.05, 3.63) is 29.3 Å². The highest BCUT2D eigenvalue weighted by atomic mass is 16.6. The number of nitrogens with one attached hydrogen (secondary N) is 1. The van der Waals surface area contributed by atoms with Crippen LogP contribution in [0.5, 0.6) is 5.75 Å². The van der Waals surface area contributed by atoms with Crippen LogP contribution in [0.15, 0.2) is 18.2 Å². The zero-order valence-corrected chi connectivity index (χ0v) is 21.5. The molecule has 5 fully saturated rings. The fourth-order valence-corrected chi connectivity index (χ4v) is 9.35.